The Morgan fingerprint density at radius 2 is 1.79 bits per heavy atom. The molecule has 0 aliphatic rings. The Labute approximate surface area is 142 Å². The van der Waals surface area contributed by atoms with E-state index < -0.39 is 11.9 Å². The van der Waals surface area contributed by atoms with Gasteiger partial charge < -0.3 is 19.9 Å². The predicted molar refractivity (Wildman–Crippen MR) is 92.7 cm³/mol. The minimum absolute atomic E-state index is 0.498. The molecular formula is C19H23NO4. The van der Waals surface area contributed by atoms with Gasteiger partial charge in [-0.3, -0.25) is 4.79 Å². The Bertz CT molecular complexity index is 658. The zero-order valence-electron chi connectivity index (χ0n) is 14.0. The van der Waals surface area contributed by atoms with Crippen LogP contribution < -0.4 is 14.8 Å². The third kappa shape index (κ3) is 4.73. The van der Waals surface area contributed by atoms with Crippen LogP contribution in [0.2, 0.25) is 0 Å². The van der Waals surface area contributed by atoms with Crippen LogP contribution in [0.4, 0.5) is 0 Å². The molecule has 0 radical (unpaired) electrons. The van der Waals surface area contributed by atoms with Gasteiger partial charge in [-0.15, -0.1) is 0 Å². The summed E-state index contributed by atoms with van der Waals surface area (Å²) in [6.07, 6.45) is 0.498. The van der Waals surface area contributed by atoms with Gasteiger partial charge in [0.1, 0.15) is 0 Å². The van der Waals surface area contributed by atoms with E-state index in [-0.39, 0.29) is 0 Å². The van der Waals surface area contributed by atoms with Crippen LogP contribution >= 0.6 is 0 Å². The molecule has 0 aromatic heterocycles. The number of carbonyl (C=O) groups is 1. The molecule has 0 aliphatic carbocycles. The molecule has 0 fully saturated rings. The number of rotatable bonds is 9. The standard InChI is InChI=1S/C19H23NO4/c1-23-17-9-8-15(12-18(17)24-2)16(19(21)22)10-11-20-13-14-6-4-3-5-7-14/h3-9,12,16,20H,10-11,13H2,1-2H3,(H,21,22). The minimum Gasteiger partial charge on any atom is -0.493 e. The lowest BCUT2D eigenvalue weighted by atomic mass is 9.95. The zero-order chi connectivity index (χ0) is 17.4. The fraction of sp³-hybridized carbons (Fsp3) is 0.316. The van der Waals surface area contributed by atoms with Gasteiger partial charge in [-0.1, -0.05) is 36.4 Å². The van der Waals surface area contributed by atoms with Gasteiger partial charge in [-0.2, -0.15) is 0 Å². The Hall–Kier alpha value is -2.53. The molecule has 2 rings (SSSR count). The number of carboxylic acids is 1. The van der Waals surface area contributed by atoms with Crippen molar-refractivity contribution in [1.29, 1.82) is 0 Å². The van der Waals surface area contributed by atoms with E-state index in [1.807, 2.05) is 30.3 Å². The summed E-state index contributed by atoms with van der Waals surface area (Å²) in [7, 11) is 3.10. The number of benzene rings is 2. The van der Waals surface area contributed by atoms with E-state index in [9.17, 15) is 9.90 Å². The van der Waals surface area contributed by atoms with Crippen molar-refractivity contribution in [3.05, 3.63) is 59.7 Å². The van der Waals surface area contributed by atoms with Crippen molar-refractivity contribution < 1.29 is 19.4 Å². The lowest BCUT2D eigenvalue weighted by molar-refractivity contribution is -0.138. The third-order valence-electron chi connectivity index (χ3n) is 3.89. The lowest BCUT2D eigenvalue weighted by Gasteiger charge is -2.16. The van der Waals surface area contributed by atoms with Crippen LogP contribution in [0.3, 0.4) is 0 Å². The van der Waals surface area contributed by atoms with E-state index in [0.29, 0.717) is 30.0 Å². The second-order valence-corrected chi connectivity index (χ2v) is 5.46. The second-order valence-electron chi connectivity index (χ2n) is 5.46. The number of hydrogen-bond acceptors (Lipinski definition) is 4. The van der Waals surface area contributed by atoms with E-state index in [1.165, 1.54) is 5.56 Å². The van der Waals surface area contributed by atoms with Gasteiger partial charge in [0.15, 0.2) is 11.5 Å². The fourth-order valence-corrected chi connectivity index (χ4v) is 2.58. The molecule has 2 N–H and O–H groups in total. The highest BCUT2D eigenvalue weighted by molar-refractivity contribution is 5.76. The summed E-state index contributed by atoms with van der Waals surface area (Å²) in [5.74, 6) is -0.303. The van der Waals surface area contributed by atoms with Crippen molar-refractivity contribution in [2.24, 2.45) is 0 Å². The number of aliphatic carboxylic acids is 1. The summed E-state index contributed by atoms with van der Waals surface area (Å²) in [5, 5.41) is 12.8. The molecule has 0 spiro atoms. The summed E-state index contributed by atoms with van der Waals surface area (Å²) < 4.78 is 10.5. The van der Waals surface area contributed by atoms with Gasteiger partial charge in [0.2, 0.25) is 0 Å². The molecule has 0 amide bonds. The van der Waals surface area contributed by atoms with Crippen LogP contribution in [0.1, 0.15) is 23.5 Å². The molecule has 128 valence electrons. The van der Waals surface area contributed by atoms with Crippen LogP contribution in [-0.2, 0) is 11.3 Å². The van der Waals surface area contributed by atoms with E-state index in [2.05, 4.69) is 5.32 Å². The molecule has 2 aromatic rings. The van der Waals surface area contributed by atoms with Crippen LogP contribution in [0.15, 0.2) is 48.5 Å². The average Bonchev–Trinajstić information content (AvgIpc) is 2.61. The summed E-state index contributed by atoms with van der Waals surface area (Å²) in [6.45, 7) is 1.33. The van der Waals surface area contributed by atoms with Gasteiger partial charge >= 0.3 is 5.97 Å². The molecule has 5 nitrogen and oxygen atoms in total. The van der Waals surface area contributed by atoms with E-state index in [1.54, 1.807) is 32.4 Å². The molecule has 0 bridgehead atoms. The maximum atomic E-state index is 11.6. The normalized spacial score (nSPS) is 11.8. The monoisotopic (exact) mass is 329 g/mol. The minimum atomic E-state index is -0.844. The van der Waals surface area contributed by atoms with Crippen LogP contribution in [0.25, 0.3) is 0 Å². The first-order valence-electron chi connectivity index (χ1n) is 7.85. The van der Waals surface area contributed by atoms with Crippen molar-refractivity contribution >= 4 is 5.97 Å². The van der Waals surface area contributed by atoms with Gasteiger partial charge in [0.25, 0.3) is 0 Å². The first-order chi connectivity index (χ1) is 11.7. The Morgan fingerprint density at radius 3 is 2.42 bits per heavy atom. The maximum absolute atomic E-state index is 11.6. The molecule has 2 aromatic carbocycles. The van der Waals surface area contributed by atoms with Gasteiger partial charge in [0.05, 0.1) is 20.1 Å². The zero-order valence-corrected chi connectivity index (χ0v) is 14.0. The summed E-state index contributed by atoms with van der Waals surface area (Å²) in [4.78, 5) is 11.6. The Balaban J connectivity index is 1.98. The first kappa shape index (κ1) is 17.8. The molecule has 0 heterocycles. The first-order valence-corrected chi connectivity index (χ1v) is 7.85. The van der Waals surface area contributed by atoms with Crippen LogP contribution in [0.5, 0.6) is 11.5 Å². The van der Waals surface area contributed by atoms with Crippen LogP contribution in [0, 0.1) is 0 Å². The Morgan fingerprint density at radius 1 is 1.08 bits per heavy atom. The summed E-state index contributed by atoms with van der Waals surface area (Å²) in [5.41, 5.74) is 1.89. The molecule has 1 atom stereocenters. The molecule has 24 heavy (non-hydrogen) atoms. The smallest absolute Gasteiger partial charge is 0.311 e. The lowest BCUT2D eigenvalue weighted by Crippen LogP contribution is -2.21. The molecule has 1 unspecified atom stereocenters. The second kappa shape index (κ2) is 8.93. The van der Waals surface area contributed by atoms with Crippen molar-refractivity contribution in [2.45, 2.75) is 18.9 Å². The maximum Gasteiger partial charge on any atom is 0.311 e. The summed E-state index contributed by atoms with van der Waals surface area (Å²) in [6, 6.07) is 15.3. The highest BCUT2D eigenvalue weighted by Crippen LogP contribution is 2.31. The van der Waals surface area contributed by atoms with Crippen LogP contribution in [-0.4, -0.2) is 31.8 Å². The molecular weight excluding hydrogens is 306 g/mol. The quantitative estimate of drug-likeness (QED) is 0.692. The number of hydrogen-bond donors (Lipinski definition) is 2. The largest absolute Gasteiger partial charge is 0.493 e. The van der Waals surface area contributed by atoms with Crippen molar-refractivity contribution in [1.82, 2.24) is 5.32 Å². The predicted octanol–water partition coefficient (Wildman–Crippen LogP) is 3.05. The van der Waals surface area contributed by atoms with Gasteiger partial charge in [0, 0.05) is 6.54 Å². The number of methoxy groups -OCH3 is 2. The van der Waals surface area contributed by atoms with Crippen molar-refractivity contribution in [3.8, 4) is 11.5 Å². The summed E-state index contributed by atoms with van der Waals surface area (Å²) >= 11 is 0. The SMILES string of the molecule is COc1ccc(C(CCNCc2ccccc2)C(=O)O)cc1OC. The highest BCUT2D eigenvalue weighted by Gasteiger charge is 2.21. The van der Waals surface area contributed by atoms with E-state index >= 15 is 0 Å². The van der Waals surface area contributed by atoms with Gasteiger partial charge in [-0.05, 0) is 36.2 Å². The Kier molecular flexibility index (Phi) is 6.63. The molecule has 0 aliphatic heterocycles. The topological polar surface area (TPSA) is 67.8 Å². The molecule has 0 saturated heterocycles. The molecule has 0 saturated carbocycles. The van der Waals surface area contributed by atoms with Crippen molar-refractivity contribution in [3.63, 3.8) is 0 Å². The average molecular weight is 329 g/mol. The van der Waals surface area contributed by atoms with Gasteiger partial charge in [-0.25, -0.2) is 0 Å². The highest BCUT2D eigenvalue weighted by atomic mass is 16.5. The molecule has 5 heteroatoms. The number of ether oxygens (including phenoxy) is 2. The number of carboxylic acid groups (broad SMARTS) is 1. The number of nitrogens with one attached hydrogen (secondary N) is 1. The third-order valence-corrected chi connectivity index (χ3v) is 3.89. The van der Waals surface area contributed by atoms with E-state index in [4.69, 9.17) is 9.47 Å². The fourth-order valence-electron chi connectivity index (χ4n) is 2.58. The van der Waals surface area contributed by atoms with E-state index in [0.717, 1.165) is 6.54 Å². The van der Waals surface area contributed by atoms with Crippen molar-refractivity contribution in [2.75, 3.05) is 20.8 Å².